The zero-order valence-corrected chi connectivity index (χ0v) is 37.4. The third kappa shape index (κ3) is 11.4. The number of hydrogen-bond donors (Lipinski definition) is 0. The molecule has 0 saturated carbocycles. The van der Waals surface area contributed by atoms with Gasteiger partial charge in [0, 0.05) is 37.3 Å². The minimum atomic E-state index is -0.428. The van der Waals surface area contributed by atoms with Gasteiger partial charge in [-0.05, 0) is 91.8 Å². The van der Waals surface area contributed by atoms with Gasteiger partial charge in [0.1, 0.15) is 11.5 Å². The van der Waals surface area contributed by atoms with Gasteiger partial charge in [-0.15, -0.1) is 0 Å². The van der Waals surface area contributed by atoms with Gasteiger partial charge < -0.3 is 28.1 Å². The Bertz CT molecular complexity index is 1960. The van der Waals surface area contributed by atoms with Gasteiger partial charge >= 0.3 is 14.2 Å². The molecular formula is C52H68B2O6. The maximum atomic E-state index is 6.36. The van der Waals surface area contributed by atoms with Crippen LogP contribution in [0.2, 0.25) is 0 Å². The maximum Gasteiger partial charge on any atom is 0.493 e. The number of rotatable bonds is 20. The first kappa shape index (κ1) is 44.3. The Morgan fingerprint density at radius 1 is 0.433 bits per heavy atom. The van der Waals surface area contributed by atoms with Crippen molar-refractivity contribution in [3.8, 4) is 33.8 Å². The number of fused-ring (bicyclic) bond motifs is 2. The Morgan fingerprint density at radius 2 is 0.783 bits per heavy atom. The van der Waals surface area contributed by atoms with Crippen LogP contribution in [0.5, 0.6) is 11.5 Å². The molecular weight excluding hydrogens is 742 g/mol. The molecule has 2 heterocycles. The molecule has 8 heteroatoms. The van der Waals surface area contributed by atoms with Crippen molar-refractivity contribution in [1.82, 2.24) is 0 Å². The number of benzene rings is 5. The quantitative estimate of drug-likeness (QED) is 0.0443. The number of hydrogen-bond acceptors (Lipinski definition) is 6. The molecule has 0 aliphatic carbocycles. The van der Waals surface area contributed by atoms with E-state index in [0.717, 1.165) is 81.2 Å². The first-order valence-corrected chi connectivity index (χ1v) is 23.1. The molecule has 5 aromatic carbocycles. The predicted octanol–water partition coefficient (Wildman–Crippen LogP) is 12.3. The molecule has 6 nitrogen and oxygen atoms in total. The van der Waals surface area contributed by atoms with Crippen molar-refractivity contribution >= 4 is 46.7 Å². The molecule has 5 aromatic rings. The van der Waals surface area contributed by atoms with Crippen molar-refractivity contribution < 1.29 is 28.1 Å². The van der Waals surface area contributed by atoms with Crippen LogP contribution in [0.4, 0.5) is 0 Å². The molecule has 0 bridgehead atoms. The molecule has 2 saturated heterocycles. The second kappa shape index (κ2) is 20.8. The molecule has 2 fully saturated rings. The molecule has 0 spiro atoms. The Balaban J connectivity index is 1.28. The van der Waals surface area contributed by atoms with Gasteiger partial charge in [-0.25, -0.2) is 0 Å². The van der Waals surface area contributed by atoms with Crippen molar-refractivity contribution in [2.75, 3.05) is 39.6 Å². The monoisotopic (exact) mass is 811 g/mol. The Hall–Kier alpha value is -3.81. The lowest BCUT2D eigenvalue weighted by Crippen LogP contribution is -2.47. The minimum absolute atomic E-state index is 0.0233. The summed E-state index contributed by atoms with van der Waals surface area (Å²) in [6.07, 6.45) is 14.9. The molecule has 2 aliphatic heterocycles. The van der Waals surface area contributed by atoms with E-state index < -0.39 is 14.2 Å². The highest BCUT2D eigenvalue weighted by Gasteiger charge is 2.35. The molecule has 60 heavy (non-hydrogen) atoms. The summed E-state index contributed by atoms with van der Waals surface area (Å²) < 4.78 is 38.0. The zero-order chi connectivity index (χ0) is 42.0. The average molecular weight is 811 g/mol. The number of ether oxygens (including phenoxy) is 2. The van der Waals surface area contributed by atoms with Gasteiger partial charge in [-0.1, -0.05) is 166 Å². The smallest absolute Gasteiger partial charge is 0.493 e. The van der Waals surface area contributed by atoms with E-state index in [4.69, 9.17) is 28.1 Å². The fourth-order valence-electron chi connectivity index (χ4n) is 8.53. The first-order valence-electron chi connectivity index (χ1n) is 23.1. The highest BCUT2D eigenvalue weighted by Crippen LogP contribution is 2.44. The topological polar surface area (TPSA) is 55.4 Å². The molecule has 318 valence electrons. The molecule has 0 N–H and O–H groups in total. The molecule has 0 unspecified atom stereocenters. The fourth-order valence-corrected chi connectivity index (χ4v) is 8.53. The predicted molar refractivity (Wildman–Crippen MR) is 252 cm³/mol. The van der Waals surface area contributed by atoms with Crippen molar-refractivity contribution in [2.24, 2.45) is 10.8 Å². The minimum Gasteiger partial charge on any atom is -0.494 e. The summed E-state index contributed by atoms with van der Waals surface area (Å²) in [5, 5.41) is 4.61. The first-order chi connectivity index (χ1) is 29.1. The third-order valence-electron chi connectivity index (χ3n) is 12.0. The third-order valence-corrected chi connectivity index (χ3v) is 12.0. The summed E-state index contributed by atoms with van der Waals surface area (Å²) in [7, 11) is -0.857. The fraction of sp³-hybridized carbons (Fsp3) is 0.500. The van der Waals surface area contributed by atoms with E-state index in [-0.39, 0.29) is 10.8 Å². The van der Waals surface area contributed by atoms with E-state index in [1.54, 1.807) is 0 Å². The highest BCUT2D eigenvalue weighted by molar-refractivity contribution is 6.62. The van der Waals surface area contributed by atoms with Gasteiger partial charge in [0.15, 0.2) is 0 Å². The van der Waals surface area contributed by atoms with Crippen LogP contribution in [0.1, 0.15) is 119 Å². The van der Waals surface area contributed by atoms with Crippen LogP contribution in [0, 0.1) is 10.8 Å². The summed E-state index contributed by atoms with van der Waals surface area (Å²) >= 11 is 0. The molecule has 0 atom stereocenters. The standard InChI is InChI=1S/C52H68B2O6/c1-7-9-11-13-15-17-31-55-43-25-19-39(20-26-43)49-45-29-23-42(54-59-37-52(5,6)38-60-54)34-48(45)50(40-21-27-44(28-22-40)56-32-18-16-14-12-10-8-2)46-30-24-41(33-47(46)49)53-57-35-51(3,4)36-58-53/h19-30,33-34H,7-18,31-32,35-38H2,1-6H3. The lowest BCUT2D eigenvalue weighted by molar-refractivity contribution is 0.0342. The maximum absolute atomic E-state index is 6.36. The Labute approximate surface area is 361 Å². The SMILES string of the molecule is CCCCCCCCOc1ccc(-c2c3ccc(B4OCC(C)(C)CO4)cc3c(-c3ccc(OCCCCCCCC)cc3)c3ccc(B4OCC(C)(C)CO4)cc23)cc1. The van der Waals surface area contributed by atoms with Crippen molar-refractivity contribution in [1.29, 1.82) is 0 Å². The van der Waals surface area contributed by atoms with Gasteiger partial charge in [0.2, 0.25) is 0 Å². The van der Waals surface area contributed by atoms with E-state index in [1.165, 1.54) is 75.3 Å². The summed E-state index contributed by atoms with van der Waals surface area (Å²) in [5.41, 5.74) is 6.59. The largest absolute Gasteiger partial charge is 0.494 e. The van der Waals surface area contributed by atoms with Gasteiger partial charge in [-0.3, -0.25) is 0 Å². The average Bonchev–Trinajstić information content (AvgIpc) is 3.25. The van der Waals surface area contributed by atoms with Gasteiger partial charge in [0.05, 0.1) is 13.2 Å². The van der Waals surface area contributed by atoms with E-state index in [9.17, 15) is 0 Å². The number of unbranched alkanes of at least 4 members (excludes halogenated alkanes) is 10. The van der Waals surface area contributed by atoms with E-state index in [0.29, 0.717) is 26.4 Å². The lowest BCUT2D eigenvalue weighted by Gasteiger charge is -2.33. The van der Waals surface area contributed by atoms with E-state index >= 15 is 0 Å². The molecule has 0 aromatic heterocycles. The van der Waals surface area contributed by atoms with E-state index in [1.807, 2.05) is 0 Å². The Kier molecular flexibility index (Phi) is 15.4. The molecule has 2 aliphatic rings. The van der Waals surface area contributed by atoms with Crippen LogP contribution in [-0.4, -0.2) is 53.9 Å². The zero-order valence-electron chi connectivity index (χ0n) is 37.4. The second-order valence-corrected chi connectivity index (χ2v) is 18.9. The van der Waals surface area contributed by atoms with Crippen molar-refractivity contribution in [3.05, 3.63) is 84.9 Å². The van der Waals surface area contributed by atoms with Crippen molar-refractivity contribution in [2.45, 2.75) is 119 Å². The Morgan fingerprint density at radius 3 is 1.15 bits per heavy atom. The van der Waals surface area contributed by atoms with Crippen LogP contribution in [0.15, 0.2) is 84.9 Å². The molecule has 7 rings (SSSR count). The lowest BCUT2D eigenvalue weighted by atomic mass is 9.72. The summed E-state index contributed by atoms with van der Waals surface area (Å²) in [5.74, 6) is 1.81. The second-order valence-electron chi connectivity index (χ2n) is 18.9. The van der Waals surface area contributed by atoms with Crippen LogP contribution in [-0.2, 0) is 18.6 Å². The summed E-state index contributed by atoms with van der Waals surface area (Å²) in [4.78, 5) is 0. The molecule has 0 radical (unpaired) electrons. The van der Waals surface area contributed by atoms with Gasteiger partial charge in [0.25, 0.3) is 0 Å². The normalized spacial score (nSPS) is 16.4. The summed E-state index contributed by atoms with van der Waals surface area (Å²) in [6, 6.07) is 30.8. The van der Waals surface area contributed by atoms with Crippen molar-refractivity contribution in [3.63, 3.8) is 0 Å². The highest BCUT2D eigenvalue weighted by atomic mass is 16.6. The van der Waals surface area contributed by atoms with E-state index in [2.05, 4.69) is 126 Å². The van der Waals surface area contributed by atoms with Crippen LogP contribution < -0.4 is 20.4 Å². The molecule has 0 amide bonds. The summed E-state index contributed by atoms with van der Waals surface area (Å²) in [6.45, 7) is 17.3. The van der Waals surface area contributed by atoms with Crippen LogP contribution in [0.25, 0.3) is 43.8 Å². The van der Waals surface area contributed by atoms with Crippen LogP contribution >= 0.6 is 0 Å². The van der Waals surface area contributed by atoms with Crippen LogP contribution in [0.3, 0.4) is 0 Å². The van der Waals surface area contributed by atoms with Gasteiger partial charge in [-0.2, -0.15) is 0 Å².